The van der Waals surface area contributed by atoms with Crippen molar-refractivity contribution in [3.8, 4) is 40.0 Å². The Bertz CT molecular complexity index is 943. The molecular formula is C18H14N4O2. The molecular weight excluding hydrogens is 304 g/mol. The molecule has 0 aliphatic heterocycles. The van der Waals surface area contributed by atoms with E-state index in [0.29, 0.717) is 17.4 Å². The number of hydrogen-bond acceptors (Lipinski definition) is 5. The van der Waals surface area contributed by atoms with Gasteiger partial charge < -0.3 is 9.26 Å². The Morgan fingerprint density at radius 1 is 0.958 bits per heavy atom. The fourth-order valence-electron chi connectivity index (χ4n) is 2.38. The molecule has 0 amide bonds. The Morgan fingerprint density at radius 3 is 2.50 bits per heavy atom. The zero-order valence-electron chi connectivity index (χ0n) is 12.9. The van der Waals surface area contributed by atoms with Crippen LogP contribution in [0.15, 0.2) is 65.2 Å². The standard InChI is InChI=1S/C18H14N4O2/c1-23-14-9-7-13(8-10-14)17-19-18(24-22-17)16-11-15(20-21-16)12-5-3-2-4-6-12/h2-11H,1H3,(H,20,21). The molecule has 118 valence electrons. The predicted molar refractivity (Wildman–Crippen MR) is 89.3 cm³/mol. The highest BCUT2D eigenvalue weighted by Crippen LogP contribution is 2.25. The van der Waals surface area contributed by atoms with Gasteiger partial charge in [0.25, 0.3) is 5.89 Å². The van der Waals surface area contributed by atoms with Crippen LogP contribution in [0.4, 0.5) is 0 Å². The summed E-state index contributed by atoms with van der Waals surface area (Å²) < 4.78 is 10.5. The van der Waals surface area contributed by atoms with Gasteiger partial charge in [0.05, 0.1) is 12.8 Å². The second-order valence-corrected chi connectivity index (χ2v) is 5.18. The number of benzene rings is 2. The van der Waals surface area contributed by atoms with E-state index in [0.717, 1.165) is 22.6 Å². The zero-order chi connectivity index (χ0) is 16.4. The number of nitrogens with zero attached hydrogens (tertiary/aromatic N) is 3. The Morgan fingerprint density at radius 2 is 1.75 bits per heavy atom. The van der Waals surface area contributed by atoms with Crippen molar-refractivity contribution in [1.82, 2.24) is 20.3 Å². The van der Waals surface area contributed by atoms with Gasteiger partial charge in [-0.3, -0.25) is 5.10 Å². The molecule has 2 aromatic heterocycles. The van der Waals surface area contributed by atoms with Crippen molar-refractivity contribution >= 4 is 0 Å². The lowest BCUT2D eigenvalue weighted by Crippen LogP contribution is -1.84. The van der Waals surface area contributed by atoms with Gasteiger partial charge in [-0.1, -0.05) is 35.5 Å². The third-order valence-corrected chi connectivity index (χ3v) is 3.65. The largest absolute Gasteiger partial charge is 0.497 e. The SMILES string of the molecule is COc1ccc(-c2noc(-c3cc(-c4ccccc4)n[nH]3)n2)cc1. The molecule has 0 aliphatic rings. The molecule has 6 heteroatoms. The quantitative estimate of drug-likeness (QED) is 0.619. The maximum atomic E-state index is 5.35. The first-order valence-electron chi connectivity index (χ1n) is 7.43. The van der Waals surface area contributed by atoms with Crippen LogP contribution in [0.3, 0.4) is 0 Å². The Hall–Kier alpha value is -3.41. The summed E-state index contributed by atoms with van der Waals surface area (Å²) in [5, 5.41) is 11.3. The van der Waals surface area contributed by atoms with E-state index in [-0.39, 0.29) is 0 Å². The van der Waals surface area contributed by atoms with Gasteiger partial charge in [0, 0.05) is 11.1 Å². The fraction of sp³-hybridized carbons (Fsp3) is 0.0556. The van der Waals surface area contributed by atoms with E-state index < -0.39 is 0 Å². The van der Waals surface area contributed by atoms with Gasteiger partial charge in [-0.2, -0.15) is 10.1 Å². The van der Waals surface area contributed by atoms with Crippen LogP contribution in [0.5, 0.6) is 5.75 Å². The van der Waals surface area contributed by atoms with E-state index >= 15 is 0 Å². The summed E-state index contributed by atoms with van der Waals surface area (Å²) in [6.07, 6.45) is 0. The number of rotatable bonds is 4. The molecule has 0 radical (unpaired) electrons. The van der Waals surface area contributed by atoms with Crippen molar-refractivity contribution in [1.29, 1.82) is 0 Å². The monoisotopic (exact) mass is 318 g/mol. The second kappa shape index (κ2) is 6.00. The lowest BCUT2D eigenvalue weighted by atomic mass is 10.1. The van der Waals surface area contributed by atoms with E-state index in [1.54, 1.807) is 7.11 Å². The third-order valence-electron chi connectivity index (χ3n) is 3.65. The highest BCUT2D eigenvalue weighted by Gasteiger charge is 2.13. The van der Waals surface area contributed by atoms with Crippen LogP contribution >= 0.6 is 0 Å². The number of methoxy groups -OCH3 is 1. The van der Waals surface area contributed by atoms with Gasteiger partial charge in [-0.25, -0.2) is 0 Å². The summed E-state index contributed by atoms with van der Waals surface area (Å²) in [5.74, 6) is 1.70. The molecule has 0 saturated carbocycles. The first-order valence-corrected chi connectivity index (χ1v) is 7.43. The highest BCUT2D eigenvalue weighted by molar-refractivity contribution is 5.65. The Labute approximate surface area is 138 Å². The molecule has 6 nitrogen and oxygen atoms in total. The van der Waals surface area contributed by atoms with Crippen molar-refractivity contribution in [3.63, 3.8) is 0 Å². The molecule has 0 bridgehead atoms. The first-order chi connectivity index (χ1) is 11.8. The minimum atomic E-state index is 0.399. The normalized spacial score (nSPS) is 10.7. The van der Waals surface area contributed by atoms with Crippen LogP contribution in [0.2, 0.25) is 0 Å². The summed E-state index contributed by atoms with van der Waals surface area (Å²) in [4.78, 5) is 4.42. The summed E-state index contributed by atoms with van der Waals surface area (Å²) in [6.45, 7) is 0. The van der Waals surface area contributed by atoms with Crippen LogP contribution in [0.25, 0.3) is 34.2 Å². The first kappa shape index (κ1) is 14.2. The van der Waals surface area contributed by atoms with Crippen LogP contribution in [-0.2, 0) is 0 Å². The van der Waals surface area contributed by atoms with Crippen molar-refractivity contribution in [2.24, 2.45) is 0 Å². The molecule has 0 saturated heterocycles. The Balaban J connectivity index is 1.62. The summed E-state index contributed by atoms with van der Waals surface area (Å²) >= 11 is 0. The van der Waals surface area contributed by atoms with Gasteiger partial charge in [0.2, 0.25) is 5.82 Å². The second-order valence-electron chi connectivity index (χ2n) is 5.18. The van der Waals surface area contributed by atoms with Gasteiger partial charge in [0.1, 0.15) is 11.4 Å². The van der Waals surface area contributed by atoms with Crippen molar-refractivity contribution in [2.45, 2.75) is 0 Å². The molecule has 0 unspecified atom stereocenters. The van der Waals surface area contributed by atoms with Gasteiger partial charge in [0.15, 0.2) is 0 Å². The Kier molecular flexibility index (Phi) is 3.55. The van der Waals surface area contributed by atoms with Crippen molar-refractivity contribution < 1.29 is 9.26 Å². The summed E-state index contributed by atoms with van der Waals surface area (Å²) in [7, 11) is 1.63. The van der Waals surface area contributed by atoms with E-state index in [9.17, 15) is 0 Å². The van der Waals surface area contributed by atoms with E-state index in [2.05, 4.69) is 20.3 Å². The van der Waals surface area contributed by atoms with E-state index in [1.165, 1.54) is 0 Å². The van der Waals surface area contributed by atoms with Gasteiger partial charge in [-0.05, 0) is 30.3 Å². The van der Waals surface area contributed by atoms with E-state index in [4.69, 9.17) is 9.26 Å². The van der Waals surface area contributed by atoms with Crippen LogP contribution in [0.1, 0.15) is 0 Å². The fourth-order valence-corrected chi connectivity index (χ4v) is 2.38. The highest BCUT2D eigenvalue weighted by atomic mass is 16.5. The average Bonchev–Trinajstić information content (AvgIpc) is 3.32. The minimum absolute atomic E-state index is 0.399. The molecule has 2 heterocycles. The lowest BCUT2D eigenvalue weighted by Gasteiger charge is -1.98. The molecule has 0 fully saturated rings. The van der Waals surface area contributed by atoms with Crippen LogP contribution in [0, 0.1) is 0 Å². The zero-order valence-corrected chi connectivity index (χ0v) is 12.9. The average molecular weight is 318 g/mol. The molecule has 0 aliphatic carbocycles. The van der Waals surface area contributed by atoms with Gasteiger partial charge in [-0.15, -0.1) is 0 Å². The van der Waals surface area contributed by atoms with Crippen molar-refractivity contribution in [3.05, 3.63) is 60.7 Å². The number of aromatic amines is 1. The van der Waals surface area contributed by atoms with Crippen molar-refractivity contribution in [2.75, 3.05) is 7.11 Å². The molecule has 4 aromatic rings. The maximum Gasteiger partial charge on any atom is 0.276 e. The predicted octanol–water partition coefficient (Wildman–Crippen LogP) is 3.80. The summed E-state index contributed by atoms with van der Waals surface area (Å²) in [6, 6.07) is 19.3. The van der Waals surface area contributed by atoms with Gasteiger partial charge >= 0.3 is 0 Å². The van der Waals surface area contributed by atoms with Crippen LogP contribution in [-0.4, -0.2) is 27.4 Å². The number of aromatic nitrogens is 4. The topological polar surface area (TPSA) is 76.8 Å². The molecule has 2 aromatic carbocycles. The molecule has 0 spiro atoms. The number of hydrogen-bond donors (Lipinski definition) is 1. The maximum absolute atomic E-state index is 5.35. The molecule has 4 rings (SSSR count). The smallest absolute Gasteiger partial charge is 0.276 e. The van der Waals surface area contributed by atoms with Crippen LogP contribution < -0.4 is 4.74 Å². The third kappa shape index (κ3) is 2.65. The molecule has 24 heavy (non-hydrogen) atoms. The molecule has 1 N–H and O–H groups in total. The number of H-pyrrole nitrogens is 1. The summed E-state index contributed by atoms with van der Waals surface area (Å²) in [5.41, 5.74) is 3.39. The number of nitrogens with one attached hydrogen (secondary N) is 1. The minimum Gasteiger partial charge on any atom is -0.497 e. The number of ether oxygens (including phenoxy) is 1. The van der Waals surface area contributed by atoms with E-state index in [1.807, 2.05) is 60.7 Å². The lowest BCUT2D eigenvalue weighted by molar-refractivity contribution is 0.414. The molecule has 0 atom stereocenters.